The maximum absolute atomic E-state index is 13.1. The summed E-state index contributed by atoms with van der Waals surface area (Å²) >= 11 is 0. The number of ether oxygens (including phenoxy) is 2. The lowest BCUT2D eigenvalue weighted by Crippen LogP contribution is -2.15. The van der Waals surface area contributed by atoms with E-state index in [0.717, 1.165) is 16.9 Å². The van der Waals surface area contributed by atoms with Crippen molar-refractivity contribution in [1.29, 1.82) is 0 Å². The summed E-state index contributed by atoms with van der Waals surface area (Å²) in [5.74, 6) is -1.10. The lowest BCUT2D eigenvalue weighted by Gasteiger charge is -2.17. The van der Waals surface area contributed by atoms with Gasteiger partial charge in [-0.3, -0.25) is 0 Å². The molecule has 0 N–H and O–H groups in total. The Labute approximate surface area is 177 Å². The van der Waals surface area contributed by atoms with Crippen LogP contribution in [0.15, 0.2) is 60.7 Å². The Bertz CT molecular complexity index is 1020. The fourth-order valence-electron chi connectivity index (χ4n) is 3.66. The quantitative estimate of drug-likeness (QED) is 0.479. The molecule has 0 aliphatic heterocycles. The molecule has 5 nitrogen and oxygen atoms in total. The molecule has 0 unspecified atom stereocenters. The van der Waals surface area contributed by atoms with Gasteiger partial charge < -0.3 is 14.0 Å². The molecule has 3 rings (SSSR count). The number of carbonyl (C=O) groups is 2. The minimum Gasteiger partial charge on any atom is -0.462 e. The summed E-state index contributed by atoms with van der Waals surface area (Å²) in [7, 11) is 0. The maximum Gasteiger partial charge on any atom is 0.341 e. The van der Waals surface area contributed by atoms with E-state index in [-0.39, 0.29) is 30.3 Å². The first-order chi connectivity index (χ1) is 14.5. The van der Waals surface area contributed by atoms with Crippen LogP contribution in [0.2, 0.25) is 0 Å². The average Bonchev–Trinajstić information content (AvgIpc) is 3.12. The van der Waals surface area contributed by atoms with Crippen LogP contribution in [-0.2, 0) is 9.47 Å². The van der Waals surface area contributed by atoms with Gasteiger partial charge in [0.25, 0.3) is 0 Å². The minimum absolute atomic E-state index is 0.0461. The van der Waals surface area contributed by atoms with Crippen molar-refractivity contribution in [1.82, 2.24) is 4.57 Å². The van der Waals surface area contributed by atoms with Crippen LogP contribution in [0.1, 0.15) is 60.0 Å². The van der Waals surface area contributed by atoms with Crippen molar-refractivity contribution in [3.05, 3.63) is 77.5 Å². The van der Waals surface area contributed by atoms with Crippen LogP contribution < -0.4 is 0 Å². The van der Waals surface area contributed by atoms with Crippen molar-refractivity contribution in [2.24, 2.45) is 0 Å². The highest BCUT2D eigenvalue weighted by Crippen LogP contribution is 2.39. The molecule has 5 heteroatoms. The number of carbonyl (C=O) groups excluding carboxylic acids is 2. The number of hydrogen-bond donors (Lipinski definition) is 0. The third-order valence-electron chi connectivity index (χ3n) is 4.78. The fraction of sp³-hybridized carbons (Fsp3) is 0.280. The molecular formula is C25H27NO4. The molecular weight excluding hydrogens is 378 g/mol. The first kappa shape index (κ1) is 21.4. The molecule has 0 saturated carbocycles. The summed E-state index contributed by atoms with van der Waals surface area (Å²) in [5, 5.41) is 0. The van der Waals surface area contributed by atoms with Gasteiger partial charge in [-0.15, -0.1) is 0 Å². The van der Waals surface area contributed by atoms with E-state index in [9.17, 15) is 9.59 Å². The summed E-state index contributed by atoms with van der Waals surface area (Å²) in [6.07, 6.45) is 0. The highest BCUT2D eigenvalue weighted by atomic mass is 16.5. The minimum atomic E-state index is -0.531. The molecule has 0 aliphatic carbocycles. The highest BCUT2D eigenvalue weighted by Gasteiger charge is 2.35. The molecule has 1 aromatic heterocycles. The lowest BCUT2D eigenvalue weighted by molar-refractivity contribution is 0.0479. The van der Waals surface area contributed by atoms with Crippen LogP contribution >= 0.6 is 0 Å². The molecule has 30 heavy (non-hydrogen) atoms. The van der Waals surface area contributed by atoms with E-state index in [1.54, 1.807) is 13.8 Å². The fourth-order valence-corrected chi connectivity index (χ4v) is 3.66. The van der Waals surface area contributed by atoms with E-state index in [0.29, 0.717) is 5.69 Å². The number of nitrogens with zero attached hydrogens (tertiary/aromatic N) is 1. The van der Waals surface area contributed by atoms with Crippen molar-refractivity contribution >= 4 is 11.9 Å². The Hall–Kier alpha value is -3.34. The van der Waals surface area contributed by atoms with Gasteiger partial charge in [0.05, 0.1) is 24.5 Å². The van der Waals surface area contributed by atoms with Gasteiger partial charge in [-0.05, 0) is 37.5 Å². The molecule has 1 heterocycles. The van der Waals surface area contributed by atoms with Crippen molar-refractivity contribution in [2.45, 2.75) is 33.6 Å². The molecule has 0 saturated heterocycles. The monoisotopic (exact) mass is 405 g/mol. The zero-order valence-electron chi connectivity index (χ0n) is 17.8. The summed E-state index contributed by atoms with van der Waals surface area (Å²) in [6, 6.07) is 19.3. The Balaban J connectivity index is 2.49. The van der Waals surface area contributed by atoms with Gasteiger partial charge in [-0.2, -0.15) is 0 Å². The molecule has 0 aliphatic rings. The van der Waals surface area contributed by atoms with Gasteiger partial charge in [0.2, 0.25) is 0 Å². The zero-order chi connectivity index (χ0) is 21.7. The van der Waals surface area contributed by atoms with Gasteiger partial charge in [0.15, 0.2) is 0 Å². The van der Waals surface area contributed by atoms with Gasteiger partial charge in [0.1, 0.15) is 5.56 Å². The van der Waals surface area contributed by atoms with Crippen molar-refractivity contribution in [2.75, 3.05) is 13.2 Å². The molecule has 156 valence electrons. The van der Waals surface area contributed by atoms with Crippen LogP contribution in [0.5, 0.6) is 0 Å². The Kier molecular flexibility index (Phi) is 6.72. The van der Waals surface area contributed by atoms with Gasteiger partial charge in [-0.25, -0.2) is 9.59 Å². The van der Waals surface area contributed by atoms with Gasteiger partial charge >= 0.3 is 11.9 Å². The van der Waals surface area contributed by atoms with Crippen LogP contribution in [0, 0.1) is 0 Å². The van der Waals surface area contributed by atoms with E-state index in [1.165, 1.54) is 0 Å². The number of rotatable bonds is 7. The molecule has 0 amide bonds. The van der Waals surface area contributed by atoms with E-state index >= 15 is 0 Å². The average molecular weight is 405 g/mol. The number of para-hydroxylation sites is 1. The molecule has 3 aromatic rings. The topological polar surface area (TPSA) is 57.5 Å². The van der Waals surface area contributed by atoms with E-state index in [2.05, 4.69) is 0 Å². The molecule has 0 spiro atoms. The summed E-state index contributed by atoms with van der Waals surface area (Å²) in [4.78, 5) is 26.2. The zero-order valence-corrected chi connectivity index (χ0v) is 17.8. The van der Waals surface area contributed by atoms with E-state index in [4.69, 9.17) is 9.47 Å². The molecule has 0 radical (unpaired) electrons. The first-order valence-corrected chi connectivity index (χ1v) is 10.2. The van der Waals surface area contributed by atoms with Crippen molar-refractivity contribution in [3.8, 4) is 16.9 Å². The molecule has 0 fully saturated rings. The van der Waals surface area contributed by atoms with Crippen LogP contribution in [0.4, 0.5) is 0 Å². The smallest absolute Gasteiger partial charge is 0.341 e. The third kappa shape index (κ3) is 4.01. The van der Waals surface area contributed by atoms with E-state index < -0.39 is 11.9 Å². The Morgan fingerprint density at radius 3 is 1.80 bits per heavy atom. The number of hydrogen-bond acceptors (Lipinski definition) is 4. The van der Waals surface area contributed by atoms with Crippen LogP contribution in [0.25, 0.3) is 16.9 Å². The number of aromatic nitrogens is 1. The standard InChI is InChI=1S/C25H27NO4/c1-5-29-24(27)20-21(25(28)30-6-2)23(18-13-9-7-10-14-18)26(22(20)17(3)4)19-15-11-8-12-16-19/h7-17H,5-6H2,1-4H3. The normalized spacial score (nSPS) is 10.8. The molecule has 0 atom stereocenters. The largest absolute Gasteiger partial charge is 0.462 e. The van der Waals surface area contributed by atoms with E-state index in [1.807, 2.05) is 79.1 Å². The molecule has 0 bridgehead atoms. The van der Waals surface area contributed by atoms with Crippen molar-refractivity contribution < 1.29 is 19.1 Å². The SMILES string of the molecule is CCOC(=O)c1c(C(=O)OCC)c(C(C)C)n(-c2ccccc2)c1-c1ccccc1. The molecule has 2 aromatic carbocycles. The second kappa shape index (κ2) is 9.44. The third-order valence-corrected chi connectivity index (χ3v) is 4.78. The van der Waals surface area contributed by atoms with Crippen molar-refractivity contribution in [3.63, 3.8) is 0 Å². The van der Waals surface area contributed by atoms with Gasteiger partial charge in [0, 0.05) is 11.4 Å². The summed E-state index contributed by atoms with van der Waals surface area (Å²) in [5.41, 5.74) is 3.55. The predicted molar refractivity (Wildman–Crippen MR) is 117 cm³/mol. The summed E-state index contributed by atoms with van der Waals surface area (Å²) in [6.45, 7) is 7.94. The van der Waals surface area contributed by atoms with Gasteiger partial charge in [-0.1, -0.05) is 62.4 Å². The first-order valence-electron chi connectivity index (χ1n) is 10.2. The lowest BCUT2D eigenvalue weighted by atomic mass is 10.0. The predicted octanol–water partition coefficient (Wildman–Crippen LogP) is 5.62. The highest BCUT2D eigenvalue weighted by molar-refractivity contribution is 6.09. The Morgan fingerprint density at radius 1 is 0.800 bits per heavy atom. The number of esters is 2. The van der Waals surface area contributed by atoms with Crippen LogP contribution in [-0.4, -0.2) is 29.7 Å². The maximum atomic E-state index is 13.1. The second-order valence-electron chi connectivity index (χ2n) is 7.12. The number of benzene rings is 2. The van der Waals surface area contributed by atoms with Crippen LogP contribution in [0.3, 0.4) is 0 Å². The summed E-state index contributed by atoms with van der Waals surface area (Å²) < 4.78 is 12.7. The Morgan fingerprint density at radius 2 is 1.30 bits per heavy atom. The second-order valence-corrected chi connectivity index (χ2v) is 7.12.